The summed E-state index contributed by atoms with van der Waals surface area (Å²) in [5.41, 5.74) is 5.78. The van der Waals surface area contributed by atoms with Crippen LogP contribution in [0.4, 0.5) is 0 Å². The van der Waals surface area contributed by atoms with Crippen LogP contribution in [0.1, 0.15) is 59.7 Å². The zero-order valence-corrected chi connectivity index (χ0v) is 20.6. The fourth-order valence-corrected chi connectivity index (χ4v) is 3.48. The minimum atomic E-state index is -0.416. The van der Waals surface area contributed by atoms with Gasteiger partial charge >= 0.3 is 0 Å². The van der Waals surface area contributed by atoms with Crippen molar-refractivity contribution in [3.63, 3.8) is 0 Å². The van der Waals surface area contributed by atoms with E-state index in [1.54, 1.807) is 49.6 Å². The number of halogens is 1. The van der Waals surface area contributed by atoms with Crippen molar-refractivity contribution in [2.45, 2.75) is 39.0 Å². The van der Waals surface area contributed by atoms with Gasteiger partial charge in [0, 0.05) is 11.1 Å². The zero-order chi connectivity index (χ0) is 23.3. The first-order valence-corrected chi connectivity index (χ1v) is 11.6. The number of unbranched alkanes of at least 4 members (excludes halogenated alkanes) is 4. The molecule has 0 aromatic heterocycles. The maximum absolute atomic E-state index is 12.3. The molecule has 0 saturated carbocycles. The lowest BCUT2D eigenvalue weighted by Crippen LogP contribution is -2.48. The highest BCUT2D eigenvalue weighted by Gasteiger charge is 2.11. The molecule has 0 aliphatic heterocycles. The molecule has 172 valence electrons. The quantitative estimate of drug-likeness (QED) is 0.237. The smallest absolute Gasteiger partial charge is 0.269 e. The van der Waals surface area contributed by atoms with Gasteiger partial charge in [-0.15, -0.1) is 0 Å². The molecule has 0 heterocycles. The summed E-state index contributed by atoms with van der Waals surface area (Å²) in [7, 11) is 1.54. The monoisotopic (exact) mass is 521 g/mol. The number of hydrazine groups is 1. The Morgan fingerprint density at radius 2 is 1.62 bits per heavy atom. The Labute approximate surface area is 202 Å². The van der Waals surface area contributed by atoms with E-state index in [9.17, 15) is 9.59 Å². The van der Waals surface area contributed by atoms with E-state index in [2.05, 4.69) is 39.0 Å². The molecule has 2 rings (SSSR count). The van der Waals surface area contributed by atoms with Gasteiger partial charge in [0.2, 0.25) is 0 Å². The van der Waals surface area contributed by atoms with Gasteiger partial charge in [-0.05, 0) is 77.0 Å². The van der Waals surface area contributed by atoms with Crippen molar-refractivity contribution in [1.29, 1.82) is 0 Å². The first-order chi connectivity index (χ1) is 15.4. The summed E-state index contributed by atoms with van der Waals surface area (Å²) in [6.07, 6.45) is 5.87. The normalized spacial score (nSPS) is 10.2. The first-order valence-electron chi connectivity index (χ1n) is 10.4. The SMILES string of the molecule is CCCCCCCOc1ccc(C(=O)NC(=S)NNC(=O)c2ccc(OC)c(Br)c2)cc1. The predicted octanol–water partition coefficient (Wildman–Crippen LogP) is 4.76. The van der Waals surface area contributed by atoms with Crippen molar-refractivity contribution in [3.05, 3.63) is 58.1 Å². The summed E-state index contributed by atoms with van der Waals surface area (Å²) in [4.78, 5) is 24.6. The fourth-order valence-electron chi connectivity index (χ4n) is 2.80. The van der Waals surface area contributed by atoms with Crippen LogP contribution in [-0.2, 0) is 0 Å². The van der Waals surface area contributed by atoms with Crippen molar-refractivity contribution < 1.29 is 19.1 Å². The van der Waals surface area contributed by atoms with E-state index < -0.39 is 11.8 Å². The van der Waals surface area contributed by atoms with Crippen molar-refractivity contribution in [3.8, 4) is 11.5 Å². The molecule has 0 atom stereocenters. The number of thiocarbonyl (C=S) groups is 1. The molecule has 0 unspecified atom stereocenters. The largest absolute Gasteiger partial charge is 0.496 e. The molecule has 2 aromatic carbocycles. The second-order valence-electron chi connectivity index (χ2n) is 7.00. The Hall–Kier alpha value is -2.65. The van der Waals surface area contributed by atoms with E-state index >= 15 is 0 Å². The number of amides is 2. The number of rotatable bonds is 10. The molecule has 0 aliphatic rings. The summed E-state index contributed by atoms with van der Waals surface area (Å²) < 4.78 is 11.5. The number of methoxy groups -OCH3 is 1. The molecule has 2 aromatic rings. The summed E-state index contributed by atoms with van der Waals surface area (Å²) in [5.74, 6) is 0.521. The first kappa shape index (κ1) is 25.6. The lowest BCUT2D eigenvalue weighted by molar-refractivity contribution is 0.0934. The van der Waals surface area contributed by atoms with Gasteiger partial charge in [-0.1, -0.05) is 32.6 Å². The minimum Gasteiger partial charge on any atom is -0.496 e. The maximum Gasteiger partial charge on any atom is 0.269 e. The molecule has 2 amide bonds. The van der Waals surface area contributed by atoms with Gasteiger partial charge in [0.1, 0.15) is 11.5 Å². The molecule has 0 bridgehead atoms. The highest BCUT2D eigenvalue weighted by Crippen LogP contribution is 2.25. The molecule has 0 fully saturated rings. The third-order valence-corrected chi connectivity index (χ3v) is 5.39. The van der Waals surface area contributed by atoms with Gasteiger partial charge in [-0.25, -0.2) is 0 Å². The summed E-state index contributed by atoms with van der Waals surface area (Å²) in [6, 6.07) is 11.7. The number of carbonyl (C=O) groups is 2. The summed E-state index contributed by atoms with van der Waals surface area (Å²) in [5, 5.41) is 2.50. The Bertz CT molecular complexity index is 922. The van der Waals surface area contributed by atoms with Crippen LogP contribution in [-0.4, -0.2) is 30.6 Å². The van der Waals surface area contributed by atoms with E-state index in [0.29, 0.717) is 28.0 Å². The number of hydrogen-bond donors (Lipinski definition) is 3. The van der Waals surface area contributed by atoms with Gasteiger partial charge < -0.3 is 9.47 Å². The van der Waals surface area contributed by atoms with E-state index in [4.69, 9.17) is 21.7 Å². The Balaban J connectivity index is 1.75. The number of carbonyl (C=O) groups excluding carboxylic acids is 2. The van der Waals surface area contributed by atoms with Gasteiger partial charge in [0.25, 0.3) is 11.8 Å². The number of nitrogens with one attached hydrogen (secondary N) is 3. The van der Waals surface area contributed by atoms with E-state index in [1.165, 1.54) is 19.3 Å². The van der Waals surface area contributed by atoms with Crippen molar-refractivity contribution in [2.75, 3.05) is 13.7 Å². The van der Waals surface area contributed by atoms with Gasteiger partial charge in [0.05, 0.1) is 18.2 Å². The van der Waals surface area contributed by atoms with Crippen LogP contribution in [0.3, 0.4) is 0 Å². The molecule has 0 spiro atoms. The zero-order valence-electron chi connectivity index (χ0n) is 18.2. The van der Waals surface area contributed by atoms with Crippen LogP contribution in [0.25, 0.3) is 0 Å². The fraction of sp³-hybridized carbons (Fsp3) is 0.348. The number of ether oxygens (including phenoxy) is 2. The molecule has 0 saturated heterocycles. The minimum absolute atomic E-state index is 0.0247. The summed E-state index contributed by atoms with van der Waals surface area (Å²) in [6.45, 7) is 2.85. The standard InChI is InChI=1S/C23H28BrN3O4S/c1-3-4-5-6-7-14-31-18-11-8-16(9-12-18)21(28)25-23(32)27-26-22(29)17-10-13-20(30-2)19(24)15-17/h8-13,15H,3-7,14H2,1-2H3,(H,26,29)(H2,25,27,28,32). The molecular formula is C23H28BrN3O4S. The van der Waals surface area contributed by atoms with Crippen molar-refractivity contribution >= 4 is 45.1 Å². The Kier molecular flexibility index (Phi) is 11.0. The molecule has 0 aliphatic carbocycles. The van der Waals surface area contributed by atoms with Crippen molar-refractivity contribution in [2.24, 2.45) is 0 Å². The second-order valence-corrected chi connectivity index (χ2v) is 8.26. The molecule has 3 N–H and O–H groups in total. The molecule has 0 radical (unpaired) electrons. The van der Waals surface area contributed by atoms with Gasteiger partial charge in [0.15, 0.2) is 5.11 Å². The lowest BCUT2D eigenvalue weighted by Gasteiger charge is -2.12. The molecule has 32 heavy (non-hydrogen) atoms. The molecular weight excluding hydrogens is 494 g/mol. The van der Waals surface area contributed by atoms with Crippen LogP contribution < -0.4 is 25.6 Å². The second kappa shape index (κ2) is 13.7. The highest BCUT2D eigenvalue weighted by atomic mass is 79.9. The van der Waals surface area contributed by atoms with Crippen LogP contribution in [0.15, 0.2) is 46.9 Å². The highest BCUT2D eigenvalue weighted by molar-refractivity contribution is 9.10. The average molecular weight is 522 g/mol. The van der Waals surface area contributed by atoms with Crippen LogP contribution in [0.5, 0.6) is 11.5 Å². The average Bonchev–Trinajstić information content (AvgIpc) is 2.80. The third-order valence-electron chi connectivity index (χ3n) is 4.56. The number of hydrogen-bond acceptors (Lipinski definition) is 5. The number of benzene rings is 2. The third kappa shape index (κ3) is 8.47. The maximum atomic E-state index is 12.3. The molecule has 7 nitrogen and oxygen atoms in total. The summed E-state index contributed by atoms with van der Waals surface area (Å²) >= 11 is 8.41. The van der Waals surface area contributed by atoms with Crippen molar-refractivity contribution in [1.82, 2.24) is 16.2 Å². The van der Waals surface area contributed by atoms with Gasteiger partial charge in [-0.2, -0.15) is 0 Å². The van der Waals surface area contributed by atoms with E-state index in [1.807, 2.05) is 0 Å². The van der Waals surface area contributed by atoms with E-state index in [-0.39, 0.29) is 5.11 Å². The van der Waals surface area contributed by atoms with Crippen LogP contribution >= 0.6 is 28.1 Å². The van der Waals surface area contributed by atoms with Crippen LogP contribution in [0.2, 0.25) is 0 Å². The topological polar surface area (TPSA) is 88.7 Å². The Morgan fingerprint density at radius 3 is 2.28 bits per heavy atom. The van der Waals surface area contributed by atoms with Gasteiger partial charge in [-0.3, -0.25) is 25.8 Å². The molecule has 9 heteroatoms. The van der Waals surface area contributed by atoms with Crippen LogP contribution in [0, 0.1) is 0 Å². The Morgan fingerprint density at radius 1 is 0.938 bits per heavy atom. The predicted molar refractivity (Wildman–Crippen MR) is 132 cm³/mol. The lowest BCUT2D eigenvalue weighted by atomic mass is 10.2. The van der Waals surface area contributed by atoms with E-state index in [0.717, 1.165) is 18.6 Å².